The number of unbranched alkanes of at least 4 members (excludes halogenated alkanes) is 25. The molecule has 1 amide bonds. The molecule has 0 bridgehead atoms. The average molecular weight is 798 g/mol. The summed E-state index contributed by atoms with van der Waals surface area (Å²) in [6.07, 6.45) is 54.5. The molecule has 0 aliphatic heterocycles. The zero-order chi connectivity index (χ0) is 41.7. The van der Waals surface area contributed by atoms with Gasteiger partial charge < -0.3 is 20.3 Å². The normalized spacial score (nSPS) is 13.8. The summed E-state index contributed by atoms with van der Waals surface area (Å²) in [7, 11) is 0. The van der Waals surface area contributed by atoms with Crippen molar-refractivity contribution in [2.24, 2.45) is 0 Å². The molecule has 0 saturated carbocycles. The molecule has 0 aromatic rings. The smallest absolute Gasteiger partial charge is 0.306 e. The number of hydrogen-bond acceptors (Lipinski definition) is 5. The third-order valence-electron chi connectivity index (χ3n) is 10.7. The van der Waals surface area contributed by atoms with Gasteiger partial charge >= 0.3 is 5.97 Å². The summed E-state index contributed by atoms with van der Waals surface area (Å²) in [5.41, 5.74) is 0. The van der Waals surface area contributed by atoms with Gasteiger partial charge in [-0.3, -0.25) is 9.59 Å². The number of aliphatic hydroxyl groups excluding tert-OH is 2. The number of carbonyl (C=O) groups is 2. The first-order valence-corrected chi connectivity index (χ1v) is 24.1. The van der Waals surface area contributed by atoms with E-state index >= 15 is 0 Å². The molecule has 0 rings (SSSR count). The summed E-state index contributed by atoms with van der Waals surface area (Å²) in [5.74, 6) is -0.608. The predicted octanol–water partition coefficient (Wildman–Crippen LogP) is 14.1. The van der Waals surface area contributed by atoms with E-state index in [1.54, 1.807) is 0 Å². The summed E-state index contributed by atoms with van der Waals surface area (Å²) < 4.78 is 5.81. The van der Waals surface area contributed by atoms with E-state index in [4.69, 9.17) is 4.74 Å². The van der Waals surface area contributed by atoms with Gasteiger partial charge in [0, 0.05) is 12.8 Å². The van der Waals surface area contributed by atoms with Crippen molar-refractivity contribution < 1.29 is 24.5 Å². The van der Waals surface area contributed by atoms with E-state index in [0.717, 1.165) is 44.9 Å². The van der Waals surface area contributed by atoms with E-state index in [1.165, 1.54) is 135 Å². The van der Waals surface area contributed by atoms with Crippen LogP contribution in [0.4, 0.5) is 0 Å². The number of rotatable bonds is 42. The molecular formula is C51H91NO5. The molecule has 3 N–H and O–H groups in total. The average Bonchev–Trinajstić information content (AvgIpc) is 3.20. The van der Waals surface area contributed by atoms with Gasteiger partial charge in [-0.25, -0.2) is 0 Å². The molecule has 0 aliphatic rings. The number of esters is 1. The highest BCUT2D eigenvalue weighted by Crippen LogP contribution is 2.17. The molecule has 0 aliphatic carbocycles. The standard InChI is InChI=1S/C51H91NO5/c1-4-7-10-13-16-19-22-23-24-25-26-27-29-31-34-37-40-43-49(54)48(46-53)52-50(55)45-47(42-39-36-33-30-28-20-17-14-11-8-5-2)57-51(56)44-41-38-35-32-21-18-15-12-9-6-3/h8,11,14,17,20,28,30,33,36,39,47-49,53-54H,4-7,9-10,12-13,15-16,18-19,21-27,29,31-32,34-35,37-38,40-46H2,1-3H3,(H,52,55)/b11-8+,17-14+,28-20-,33-30-,39-36+. The molecule has 0 aromatic carbocycles. The molecule has 0 fully saturated rings. The predicted molar refractivity (Wildman–Crippen MR) is 245 cm³/mol. The van der Waals surface area contributed by atoms with Crippen molar-refractivity contribution >= 4 is 11.9 Å². The Hall–Kier alpha value is -2.44. The van der Waals surface area contributed by atoms with Gasteiger partial charge in [0.1, 0.15) is 6.10 Å². The van der Waals surface area contributed by atoms with Crippen molar-refractivity contribution in [3.63, 3.8) is 0 Å². The fourth-order valence-corrected chi connectivity index (χ4v) is 7.10. The molecular weight excluding hydrogens is 707 g/mol. The third-order valence-corrected chi connectivity index (χ3v) is 10.7. The fourth-order valence-electron chi connectivity index (χ4n) is 7.10. The first kappa shape index (κ1) is 54.6. The number of amides is 1. The van der Waals surface area contributed by atoms with E-state index in [9.17, 15) is 19.8 Å². The highest BCUT2D eigenvalue weighted by Gasteiger charge is 2.23. The Morgan fingerprint density at radius 3 is 1.33 bits per heavy atom. The molecule has 330 valence electrons. The second-order valence-electron chi connectivity index (χ2n) is 16.3. The highest BCUT2D eigenvalue weighted by molar-refractivity contribution is 5.77. The Bertz CT molecular complexity index is 1030. The summed E-state index contributed by atoms with van der Waals surface area (Å²) in [6, 6.07) is -0.738. The Morgan fingerprint density at radius 1 is 0.526 bits per heavy atom. The zero-order valence-electron chi connectivity index (χ0n) is 37.5. The van der Waals surface area contributed by atoms with E-state index in [2.05, 4.69) is 32.2 Å². The lowest BCUT2D eigenvalue weighted by Gasteiger charge is -2.24. The van der Waals surface area contributed by atoms with Crippen molar-refractivity contribution in [2.45, 2.75) is 244 Å². The van der Waals surface area contributed by atoms with Gasteiger partial charge in [-0.15, -0.1) is 0 Å². The van der Waals surface area contributed by atoms with E-state index < -0.39 is 18.2 Å². The van der Waals surface area contributed by atoms with Crippen LogP contribution in [0, 0.1) is 0 Å². The van der Waals surface area contributed by atoms with Crippen molar-refractivity contribution in [2.75, 3.05) is 6.61 Å². The van der Waals surface area contributed by atoms with Gasteiger partial charge in [0.15, 0.2) is 0 Å². The minimum Gasteiger partial charge on any atom is -0.461 e. The van der Waals surface area contributed by atoms with Crippen LogP contribution >= 0.6 is 0 Å². The molecule has 6 heteroatoms. The molecule has 0 spiro atoms. The number of carbonyl (C=O) groups excluding carboxylic acids is 2. The summed E-state index contributed by atoms with van der Waals surface area (Å²) in [4.78, 5) is 25.9. The van der Waals surface area contributed by atoms with Gasteiger partial charge in [-0.05, 0) is 19.3 Å². The van der Waals surface area contributed by atoms with Crippen LogP contribution in [0.3, 0.4) is 0 Å². The lowest BCUT2D eigenvalue weighted by Crippen LogP contribution is -2.46. The van der Waals surface area contributed by atoms with Crippen LogP contribution in [-0.2, 0) is 14.3 Å². The van der Waals surface area contributed by atoms with E-state index in [1.807, 2.05) is 54.7 Å². The van der Waals surface area contributed by atoms with Crippen molar-refractivity contribution in [3.05, 3.63) is 60.8 Å². The second kappa shape index (κ2) is 44.7. The van der Waals surface area contributed by atoms with Crippen LogP contribution in [0.25, 0.3) is 0 Å². The lowest BCUT2D eigenvalue weighted by molar-refractivity contribution is -0.150. The van der Waals surface area contributed by atoms with Crippen molar-refractivity contribution in [1.82, 2.24) is 5.32 Å². The molecule has 0 aromatic heterocycles. The molecule has 0 saturated heterocycles. The van der Waals surface area contributed by atoms with E-state index in [0.29, 0.717) is 19.3 Å². The van der Waals surface area contributed by atoms with Crippen LogP contribution in [0.5, 0.6) is 0 Å². The van der Waals surface area contributed by atoms with Gasteiger partial charge in [0.25, 0.3) is 0 Å². The van der Waals surface area contributed by atoms with Crippen LogP contribution in [-0.4, -0.2) is 46.9 Å². The van der Waals surface area contributed by atoms with Crippen LogP contribution < -0.4 is 5.32 Å². The zero-order valence-corrected chi connectivity index (χ0v) is 37.5. The quantitative estimate of drug-likeness (QED) is 0.0325. The van der Waals surface area contributed by atoms with Gasteiger partial charge in [0.05, 0.1) is 25.2 Å². The number of allylic oxidation sites excluding steroid dienone is 9. The van der Waals surface area contributed by atoms with Crippen molar-refractivity contribution in [3.8, 4) is 0 Å². The Morgan fingerprint density at radius 2 is 0.912 bits per heavy atom. The molecule has 0 heterocycles. The minimum absolute atomic E-state index is 0.0177. The fraction of sp³-hybridized carbons (Fsp3) is 0.765. The van der Waals surface area contributed by atoms with Crippen molar-refractivity contribution in [1.29, 1.82) is 0 Å². The molecule has 3 atom stereocenters. The van der Waals surface area contributed by atoms with Crippen LogP contribution in [0.2, 0.25) is 0 Å². The Labute approximate surface area is 352 Å². The van der Waals surface area contributed by atoms with Gasteiger partial charge in [-0.1, -0.05) is 248 Å². The maximum Gasteiger partial charge on any atom is 0.306 e. The second-order valence-corrected chi connectivity index (χ2v) is 16.3. The maximum atomic E-state index is 13.1. The Balaban J connectivity index is 4.58. The SMILES string of the molecule is CC/C=C/C=C/C=C\C=C/C=C/CC(CC(=O)NC(CO)C(O)CCCCCCCCCCCCCCCCCCC)OC(=O)CCCCCCCCCCCC. The number of ether oxygens (including phenoxy) is 1. The maximum absolute atomic E-state index is 13.1. The largest absolute Gasteiger partial charge is 0.461 e. The summed E-state index contributed by atoms with van der Waals surface area (Å²) in [6.45, 7) is 6.28. The Kier molecular flexibility index (Phi) is 42.7. The van der Waals surface area contributed by atoms with E-state index in [-0.39, 0.29) is 24.9 Å². The molecule has 0 radical (unpaired) electrons. The molecule has 3 unspecified atom stereocenters. The van der Waals surface area contributed by atoms with Crippen LogP contribution in [0.15, 0.2) is 60.8 Å². The minimum atomic E-state index is -0.816. The van der Waals surface area contributed by atoms with Gasteiger partial charge in [0.2, 0.25) is 5.91 Å². The number of hydrogen-bond donors (Lipinski definition) is 3. The molecule has 57 heavy (non-hydrogen) atoms. The van der Waals surface area contributed by atoms with Crippen LogP contribution in [0.1, 0.15) is 226 Å². The lowest BCUT2D eigenvalue weighted by atomic mass is 10.0. The summed E-state index contributed by atoms with van der Waals surface area (Å²) in [5, 5.41) is 23.6. The van der Waals surface area contributed by atoms with Gasteiger partial charge in [-0.2, -0.15) is 0 Å². The highest BCUT2D eigenvalue weighted by atomic mass is 16.5. The summed E-state index contributed by atoms with van der Waals surface area (Å²) >= 11 is 0. The number of aliphatic hydroxyl groups is 2. The first-order chi connectivity index (χ1) is 28.0. The molecule has 6 nitrogen and oxygen atoms in total. The third kappa shape index (κ3) is 40.1. The monoisotopic (exact) mass is 798 g/mol. The topological polar surface area (TPSA) is 95.9 Å². The number of nitrogens with one attached hydrogen (secondary N) is 1. The first-order valence-electron chi connectivity index (χ1n) is 24.1.